The third-order valence-electron chi connectivity index (χ3n) is 4.26. The van der Waals surface area contributed by atoms with E-state index in [1.165, 1.54) is 6.33 Å². The summed E-state index contributed by atoms with van der Waals surface area (Å²) in [6, 6.07) is 1.44. The van der Waals surface area contributed by atoms with Crippen LogP contribution < -0.4 is 10.2 Å². The maximum atomic E-state index is 12.3. The summed E-state index contributed by atoms with van der Waals surface area (Å²) in [7, 11) is 0. The second-order valence-electron chi connectivity index (χ2n) is 6.12. The zero-order valence-electron chi connectivity index (χ0n) is 13.4. The number of carbonyl (C=O) groups is 1. The molecule has 3 aromatic heterocycles. The normalized spacial score (nSPS) is 18.0. The van der Waals surface area contributed by atoms with Crippen molar-refractivity contribution in [1.29, 1.82) is 0 Å². The summed E-state index contributed by atoms with van der Waals surface area (Å²) in [5, 5.41) is 12.1. The first-order chi connectivity index (χ1) is 12.4. The average Bonchev–Trinajstić information content (AvgIpc) is 3.21. The lowest BCUT2D eigenvalue weighted by molar-refractivity contribution is -0.154. The Hall–Kier alpha value is -2.98. The van der Waals surface area contributed by atoms with Gasteiger partial charge in [-0.25, -0.2) is 9.97 Å². The van der Waals surface area contributed by atoms with Crippen LogP contribution in [0.4, 0.5) is 19.0 Å². The molecule has 26 heavy (non-hydrogen) atoms. The van der Waals surface area contributed by atoms with Crippen LogP contribution in [0.3, 0.4) is 0 Å². The highest BCUT2D eigenvalue weighted by Crippen LogP contribution is 2.30. The van der Waals surface area contributed by atoms with Crippen LogP contribution in [0.2, 0.25) is 0 Å². The molecule has 1 amide bonds. The van der Waals surface area contributed by atoms with E-state index in [0.717, 1.165) is 10.8 Å². The zero-order chi connectivity index (χ0) is 18.3. The number of H-pyrrole nitrogens is 1. The van der Waals surface area contributed by atoms with Crippen molar-refractivity contribution in [3.8, 4) is 0 Å². The zero-order valence-corrected chi connectivity index (χ0v) is 13.4. The SMILES string of the molecule is O=C(CC(F)(F)F)NC1CCN(c2nc[nH]c3nnc4nccc4c23)C1. The number of carbonyl (C=O) groups excluding carboxylic acids is 1. The molecule has 1 fully saturated rings. The molecule has 0 bridgehead atoms. The van der Waals surface area contributed by atoms with Crippen molar-refractivity contribution in [1.82, 2.24) is 30.5 Å². The standard InChI is InChI=1S/C15H14F3N7O/c16-15(17,18)5-10(26)22-8-2-4-25(6-8)14-11-9-1-3-19-12(9)23-24-13(11)20-7-21-14/h1,3,7-8H,2,4-6H2,(H,22,26)(H,20,21,24). The largest absolute Gasteiger partial charge is 0.397 e. The van der Waals surface area contributed by atoms with Crippen LogP contribution in [-0.2, 0) is 4.79 Å². The molecule has 8 nitrogen and oxygen atoms in total. The number of fused-ring (bicyclic) bond motifs is 3. The van der Waals surface area contributed by atoms with Gasteiger partial charge in [0, 0.05) is 30.7 Å². The molecular formula is C15H14F3N7O. The Bertz CT molecular complexity index is 971. The number of rotatable bonds is 3. The first kappa shape index (κ1) is 16.5. The Kier molecular flexibility index (Phi) is 3.85. The van der Waals surface area contributed by atoms with Crippen LogP contribution in [0.1, 0.15) is 12.8 Å². The highest BCUT2D eigenvalue weighted by Gasteiger charge is 2.33. The van der Waals surface area contributed by atoms with E-state index in [9.17, 15) is 18.0 Å². The number of halogens is 3. The minimum atomic E-state index is -4.51. The summed E-state index contributed by atoms with van der Waals surface area (Å²) in [6.07, 6.45) is -2.33. The van der Waals surface area contributed by atoms with Gasteiger partial charge in [0.25, 0.3) is 0 Å². The molecule has 0 spiro atoms. The fourth-order valence-electron chi connectivity index (χ4n) is 3.19. The van der Waals surface area contributed by atoms with Gasteiger partial charge in [-0.3, -0.25) is 4.79 Å². The Balaban J connectivity index is 1.58. The molecule has 136 valence electrons. The van der Waals surface area contributed by atoms with Gasteiger partial charge in [0.15, 0.2) is 11.3 Å². The van der Waals surface area contributed by atoms with E-state index in [2.05, 4.69) is 30.5 Å². The second-order valence-corrected chi connectivity index (χ2v) is 6.12. The average molecular weight is 365 g/mol. The van der Waals surface area contributed by atoms with E-state index < -0.39 is 18.5 Å². The molecule has 0 aliphatic carbocycles. The van der Waals surface area contributed by atoms with Gasteiger partial charge in [-0.15, -0.1) is 10.2 Å². The van der Waals surface area contributed by atoms with Crippen molar-refractivity contribution >= 4 is 33.8 Å². The Labute approximate surface area is 144 Å². The van der Waals surface area contributed by atoms with Gasteiger partial charge in [-0.05, 0) is 12.5 Å². The smallest absolute Gasteiger partial charge is 0.354 e. The maximum Gasteiger partial charge on any atom is 0.397 e. The minimum Gasteiger partial charge on any atom is -0.354 e. The second kappa shape index (κ2) is 6.07. The summed E-state index contributed by atoms with van der Waals surface area (Å²) in [5.41, 5.74) is 1.04. The van der Waals surface area contributed by atoms with Crippen molar-refractivity contribution in [2.75, 3.05) is 18.0 Å². The molecule has 4 heterocycles. The Morgan fingerprint density at radius 3 is 3.00 bits per heavy atom. The fraction of sp³-hybridized carbons (Fsp3) is 0.400. The van der Waals surface area contributed by atoms with Gasteiger partial charge in [0.2, 0.25) is 5.91 Å². The predicted molar refractivity (Wildman–Crippen MR) is 86.4 cm³/mol. The third-order valence-corrected chi connectivity index (χ3v) is 4.26. The molecule has 3 aromatic rings. The molecule has 1 aliphatic rings. The number of alkyl halides is 3. The summed E-state index contributed by atoms with van der Waals surface area (Å²) in [5.74, 6) is -0.378. The van der Waals surface area contributed by atoms with Crippen LogP contribution in [0.5, 0.6) is 0 Å². The van der Waals surface area contributed by atoms with Crippen LogP contribution in [0, 0.1) is 0 Å². The molecule has 0 aromatic carbocycles. The molecule has 1 atom stereocenters. The highest BCUT2D eigenvalue weighted by molar-refractivity contribution is 6.07. The molecule has 4 rings (SSSR count). The Morgan fingerprint density at radius 1 is 1.35 bits per heavy atom. The van der Waals surface area contributed by atoms with Crippen molar-refractivity contribution in [3.63, 3.8) is 0 Å². The van der Waals surface area contributed by atoms with Crippen LogP contribution in [0.15, 0.2) is 18.6 Å². The van der Waals surface area contributed by atoms with Gasteiger partial charge in [-0.1, -0.05) is 0 Å². The van der Waals surface area contributed by atoms with E-state index in [1.54, 1.807) is 6.20 Å². The van der Waals surface area contributed by atoms with Crippen molar-refractivity contribution in [3.05, 3.63) is 18.6 Å². The minimum absolute atomic E-state index is 0.367. The van der Waals surface area contributed by atoms with Crippen molar-refractivity contribution < 1.29 is 18.0 Å². The summed E-state index contributed by atoms with van der Waals surface area (Å²) < 4.78 is 36.9. The van der Waals surface area contributed by atoms with E-state index in [-0.39, 0.29) is 6.04 Å². The highest BCUT2D eigenvalue weighted by atomic mass is 19.4. The molecule has 0 saturated carbocycles. The lowest BCUT2D eigenvalue weighted by Gasteiger charge is -2.19. The first-order valence-electron chi connectivity index (χ1n) is 7.96. The molecule has 1 saturated heterocycles. The number of nitrogens with one attached hydrogen (secondary N) is 2. The summed E-state index contributed by atoms with van der Waals surface area (Å²) in [4.78, 5) is 24.9. The van der Waals surface area contributed by atoms with E-state index >= 15 is 0 Å². The topological polar surface area (TPSA) is 99.7 Å². The van der Waals surface area contributed by atoms with E-state index in [4.69, 9.17) is 0 Å². The van der Waals surface area contributed by atoms with Crippen molar-refractivity contribution in [2.24, 2.45) is 0 Å². The quantitative estimate of drug-likeness (QED) is 0.731. The number of nitrogens with zero attached hydrogens (tertiary/aromatic N) is 5. The molecule has 1 aliphatic heterocycles. The van der Waals surface area contributed by atoms with E-state index in [0.29, 0.717) is 36.6 Å². The number of hydrogen-bond acceptors (Lipinski definition) is 6. The molecule has 2 N–H and O–H groups in total. The van der Waals surface area contributed by atoms with Gasteiger partial charge in [0.05, 0.1) is 11.7 Å². The lowest BCUT2D eigenvalue weighted by Crippen LogP contribution is -2.39. The fourth-order valence-corrected chi connectivity index (χ4v) is 3.19. The molecular weight excluding hydrogens is 351 g/mol. The number of aromatic nitrogens is 5. The number of hydrogen-bond donors (Lipinski definition) is 2. The molecule has 0 radical (unpaired) electrons. The van der Waals surface area contributed by atoms with Gasteiger partial charge in [0.1, 0.15) is 12.2 Å². The van der Waals surface area contributed by atoms with Gasteiger partial charge in [-0.2, -0.15) is 13.2 Å². The maximum absolute atomic E-state index is 12.3. The monoisotopic (exact) mass is 365 g/mol. The van der Waals surface area contributed by atoms with Crippen LogP contribution in [0.25, 0.3) is 22.1 Å². The predicted octanol–water partition coefficient (Wildman–Crippen LogP) is 1.55. The van der Waals surface area contributed by atoms with Gasteiger partial charge < -0.3 is 15.2 Å². The first-order valence-corrected chi connectivity index (χ1v) is 7.96. The van der Waals surface area contributed by atoms with Crippen LogP contribution >= 0.6 is 0 Å². The van der Waals surface area contributed by atoms with E-state index in [1.807, 2.05) is 11.0 Å². The number of aromatic amines is 1. The van der Waals surface area contributed by atoms with Gasteiger partial charge >= 0.3 is 6.18 Å². The lowest BCUT2D eigenvalue weighted by atomic mass is 10.2. The third kappa shape index (κ3) is 3.11. The van der Waals surface area contributed by atoms with Crippen LogP contribution in [-0.4, -0.2) is 56.4 Å². The summed E-state index contributed by atoms with van der Waals surface area (Å²) >= 11 is 0. The van der Waals surface area contributed by atoms with Crippen molar-refractivity contribution in [2.45, 2.75) is 25.1 Å². The Morgan fingerprint density at radius 2 is 2.19 bits per heavy atom. The molecule has 11 heteroatoms. The number of amides is 1. The molecule has 1 unspecified atom stereocenters. The number of anilines is 1. The summed E-state index contributed by atoms with van der Waals surface area (Å²) in [6.45, 7) is 0.925.